The molecule has 0 atom stereocenters. The molecule has 1 amide bonds. The van der Waals surface area contributed by atoms with Gasteiger partial charge in [-0.25, -0.2) is 4.79 Å². The molecule has 0 saturated carbocycles. The van der Waals surface area contributed by atoms with E-state index in [0.717, 1.165) is 41.8 Å². The molecule has 7 nitrogen and oxygen atoms in total. The van der Waals surface area contributed by atoms with Crippen molar-refractivity contribution < 1.29 is 14.7 Å². The number of hydrogen-bond acceptors (Lipinski definition) is 4. The van der Waals surface area contributed by atoms with Gasteiger partial charge in [0.25, 0.3) is 5.91 Å². The molecule has 3 heterocycles. The third kappa shape index (κ3) is 4.57. The molecule has 3 N–H and O–H groups in total. The Bertz CT molecular complexity index is 1580. The van der Waals surface area contributed by atoms with Crippen molar-refractivity contribution in [3.05, 3.63) is 95.2 Å². The summed E-state index contributed by atoms with van der Waals surface area (Å²) in [6.45, 7) is 3.22. The number of hydrogen-bond donors (Lipinski definition) is 3. The van der Waals surface area contributed by atoms with Gasteiger partial charge in [-0.2, -0.15) is 0 Å². The zero-order chi connectivity index (χ0) is 26.2. The molecule has 2 aliphatic heterocycles. The highest BCUT2D eigenvalue weighted by Crippen LogP contribution is 2.39. The second-order valence-corrected chi connectivity index (χ2v) is 10.1. The average molecular weight is 507 g/mol. The normalized spacial score (nSPS) is 16.8. The van der Waals surface area contributed by atoms with Crippen LogP contribution in [0.4, 0.5) is 11.4 Å². The van der Waals surface area contributed by atoms with E-state index in [2.05, 4.69) is 38.3 Å². The Kier molecular flexibility index (Phi) is 6.21. The summed E-state index contributed by atoms with van der Waals surface area (Å²) in [5, 5.41) is 17.1. The van der Waals surface area contributed by atoms with E-state index in [1.165, 1.54) is 30.9 Å². The van der Waals surface area contributed by atoms with Gasteiger partial charge in [0, 0.05) is 47.6 Å². The van der Waals surface area contributed by atoms with E-state index in [1.54, 1.807) is 12.1 Å². The van der Waals surface area contributed by atoms with E-state index in [0.29, 0.717) is 22.5 Å². The number of piperidine rings is 1. The molecule has 3 aromatic carbocycles. The fourth-order valence-electron chi connectivity index (χ4n) is 5.48. The van der Waals surface area contributed by atoms with Crippen molar-refractivity contribution in [3.8, 4) is 0 Å². The number of carbonyl (C=O) groups excluding carboxylic acids is 1. The number of amides is 1. The molecule has 1 aromatic heterocycles. The number of nitrogens with zero attached hydrogens (tertiary/aromatic N) is 2. The maximum Gasteiger partial charge on any atom is 0.335 e. The Morgan fingerprint density at radius 2 is 1.71 bits per heavy atom. The van der Waals surface area contributed by atoms with Crippen LogP contribution < -0.4 is 10.6 Å². The Morgan fingerprint density at radius 1 is 0.947 bits per heavy atom. The van der Waals surface area contributed by atoms with Crippen molar-refractivity contribution in [2.24, 2.45) is 7.05 Å². The predicted octanol–water partition coefficient (Wildman–Crippen LogP) is 5.79. The van der Waals surface area contributed by atoms with Gasteiger partial charge < -0.3 is 20.3 Å². The largest absolute Gasteiger partial charge is 0.478 e. The second kappa shape index (κ2) is 9.84. The Hall–Kier alpha value is -4.36. The number of aryl methyl sites for hydroxylation is 1. The molecule has 7 heteroatoms. The van der Waals surface area contributed by atoms with Gasteiger partial charge in [0.1, 0.15) is 0 Å². The molecule has 0 aliphatic carbocycles. The predicted molar refractivity (Wildman–Crippen MR) is 151 cm³/mol. The standard InChI is InChI=1S/C31H30N4O3/c1-34-16-13-21-17-22(8-12-27(21)34)29(28-25-18-23(31(37)38)7-11-26(25)33-30(28)36)32-24-9-5-20(6-10-24)19-35-14-3-2-4-15-35/h5-13,16-18,32H,2-4,14-15,19H2,1H3,(H,33,36)(H,37,38)/b29-28-. The maximum absolute atomic E-state index is 13.3. The smallest absolute Gasteiger partial charge is 0.335 e. The van der Waals surface area contributed by atoms with Gasteiger partial charge in [-0.15, -0.1) is 0 Å². The quantitative estimate of drug-likeness (QED) is 0.288. The first kappa shape index (κ1) is 24.0. The van der Waals surface area contributed by atoms with Gasteiger partial charge >= 0.3 is 5.97 Å². The Morgan fingerprint density at radius 3 is 2.47 bits per heavy atom. The number of carbonyl (C=O) groups is 2. The minimum Gasteiger partial charge on any atom is -0.478 e. The van der Waals surface area contributed by atoms with Crippen LogP contribution in [0.15, 0.2) is 72.9 Å². The lowest BCUT2D eigenvalue weighted by Gasteiger charge is -2.26. The molecule has 1 saturated heterocycles. The first-order valence-electron chi connectivity index (χ1n) is 13.0. The summed E-state index contributed by atoms with van der Waals surface area (Å²) in [6, 6.07) is 21.2. The van der Waals surface area contributed by atoms with E-state index in [-0.39, 0.29) is 11.5 Å². The lowest BCUT2D eigenvalue weighted by atomic mass is 9.97. The van der Waals surface area contributed by atoms with Crippen molar-refractivity contribution in [1.29, 1.82) is 0 Å². The number of nitrogens with one attached hydrogen (secondary N) is 2. The monoisotopic (exact) mass is 506 g/mol. The fraction of sp³-hybridized carbons (Fsp3) is 0.226. The number of rotatable bonds is 6. The van der Waals surface area contributed by atoms with E-state index < -0.39 is 5.97 Å². The number of aromatic carboxylic acids is 1. The van der Waals surface area contributed by atoms with Gasteiger partial charge in [0.2, 0.25) is 0 Å². The highest BCUT2D eigenvalue weighted by Gasteiger charge is 2.29. The molecule has 0 bridgehead atoms. The molecular weight excluding hydrogens is 476 g/mol. The fourth-order valence-corrected chi connectivity index (χ4v) is 5.48. The van der Waals surface area contributed by atoms with Crippen LogP contribution in [0.5, 0.6) is 0 Å². The molecule has 0 unspecified atom stereocenters. The number of carboxylic acid groups (broad SMARTS) is 1. The number of fused-ring (bicyclic) bond motifs is 2. The first-order valence-corrected chi connectivity index (χ1v) is 13.0. The number of carboxylic acids is 1. The van der Waals surface area contributed by atoms with Crippen LogP contribution in [0.2, 0.25) is 0 Å². The van der Waals surface area contributed by atoms with Crippen molar-refractivity contribution in [3.63, 3.8) is 0 Å². The molecule has 38 heavy (non-hydrogen) atoms. The second-order valence-electron chi connectivity index (χ2n) is 10.1. The number of likely N-dealkylation sites (tertiary alicyclic amines) is 1. The molecule has 192 valence electrons. The van der Waals surface area contributed by atoms with Gasteiger partial charge in [-0.3, -0.25) is 9.69 Å². The number of anilines is 2. The SMILES string of the molecule is Cn1ccc2cc(/C(Nc3ccc(CN4CCCCC4)cc3)=C3/C(=O)Nc4ccc(C(=O)O)cc43)ccc21. The van der Waals surface area contributed by atoms with Crippen molar-refractivity contribution in [1.82, 2.24) is 9.47 Å². The minimum absolute atomic E-state index is 0.137. The molecule has 1 fully saturated rings. The highest BCUT2D eigenvalue weighted by atomic mass is 16.4. The first-order chi connectivity index (χ1) is 18.5. The number of aromatic nitrogens is 1. The van der Waals surface area contributed by atoms with Crippen LogP contribution in [0.1, 0.15) is 46.3 Å². The van der Waals surface area contributed by atoms with Crippen molar-refractivity contribution in [2.45, 2.75) is 25.8 Å². The molecule has 0 radical (unpaired) electrons. The van der Waals surface area contributed by atoms with E-state index in [9.17, 15) is 14.7 Å². The molecule has 4 aromatic rings. The lowest BCUT2D eigenvalue weighted by Crippen LogP contribution is -2.29. The summed E-state index contributed by atoms with van der Waals surface area (Å²) in [5.41, 5.74) is 6.43. The minimum atomic E-state index is -1.03. The van der Waals surface area contributed by atoms with Gasteiger partial charge in [0.05, 0.1) is 16.8 Å². The van der Waals surface area contributed by atoms with Gasteiger partial charge in [-0.1, -0.05) is 24.6 Å². The Labute approximate surface area is 221 Å². The third-order valence-corrected chi connectivity index (χ3v) is 7.51. The number of benzene rings is 3. The summed E-state index contributed by atoms with van der Waals surface area (Å²) >= 11 is 0. The van der Waals surface area contributed by atoms with Crippen molar-refractivity contribution in [2.75, 3.05) is 23.7 Å². The van der Waals surface area contributed by atoms with Crippen LogP contribution in [0.25, 0.3) is 22.2 Å². The van der Waals surface area contributed by atoms with Gasteiger partial charge in [-0.05, 0) is 85.6 Å². The summed E-state index contributed by atoms with van der Waals surface area (Å²) < 4.78 is 2.05. The zero-order valence-electron chi connectivity index (χ0n) is 21.3. The maximum atomic E-state index is 13.3. The van der Waals surface area contributed by atoms with E-state index in [1.807, 2.05) is 43.6 Å². The van der Waals surface area contributed by atoms with E-state index >= 15 is 0 Å². The summed E-state index contributed by atoms with van der Waals surface area (Å²) in [4.78, 5) is 27.5. The summed E-state index contributed by atoms with van der Waals surface area (Å²) in [5.74, 6) is -1.30. The van der Waals surface area contributed by atoms with Crippen molar-refractivity contribution >= 4 is 45.4 Å². The third-order valence-electron chi connectivity index (χ3n) is 7.51. The van der Waals surface area contributed by atoms with Gasteiger partial charge in [0.15, 0.2) is 0 Å². The molecule has 6 rings (SSSR count). The zero-order valence-corrected chi connectivity index (χ0v) is 21.3. The van der Waals surface area contributed by atoms with Crippen LogP contribution in [-0.2, 0) is 18.4 Å². The van der Waals surface area contributed by atoms with Crippen LogP contribution in [-0.4, -0.2) is 39.5 Å². The Balaban J connectivity index is 1.41. The molecule has 2 aliphatic rings. The summed E-state index contributed by atoms with van der Waals surface area (Å²) in [7, 11) is 2.00. The molecule has 0 spiro atoms. The van der Waals surface area contributed by atoms with Crippen LogP contribution in [0, 0.1) is 0 Å². The van der Waals surface area contributed by atoms with Crippen LogP contribution >= 0.6 is 0 Å². The van der Waals surface area contributed by atoms with E-state index in [4.69, 9.17) is 0 Å². The average Bonchev–Trinajstić information content (AvgIpc) is 3.46. The summed E-state index contributed by atoms with van der Waals surface area (Å²) in [6.07, 6.45) is 5.84. The van der Waals surface area contributed by atoms with Crippen LogP contribution in [0.3, 0.4) is 0 Å². The topological polar surface area (TPSA) is 86.6 Å². The molecular formula is C31H30N4O3. The highest BCUT2D eigenvalue weighted by molar-refractivity contribution is 6.37. The lowest BCUT2D eigenvalue weighted by molar-refractivity contribution is -0.110.